The van der Waals surface area contributed by atoms with E-state index in [2.05, 4.69) is 48.5 Å². The van der Waals surface area contributed by atoms with Crippen molar-refractivity contribution in [2.24, 2.45) is 0 Å². The smallest absolute Gasteiger partial charge is 0.197 e. The maximum absolute atomic E-state index is 4.73. The van der Waals surface area contributed by atoms with Gasteiger partial charge in [-0.05, 0) is 36.6 Å². The number of nitrogens with zero attached hydrogens (tertiary/aromatic N) is 5. The molecule has 3 rings (SSSR count). The summed E-state index contributed by atoms with van der Waals surface area (Å²) in [5.74, 6) is 2.75. The summed E-state index contributed by atoms with van der Waals surface area (Å²) >= 11 is 1.62. The Morgan fingerprint density at radius 2 is 1.83 bits per heavy atom. The molecule has 0 bridgehead atoms. The van der Waals surface area contributed by atoms with Crippen LogP contribution < -0.4 is 0 Å². The minimum absolute atomic E-state index is 0.323. The second kappa shape index (κ2) is 6.99. The maximum atomic E-state index is 4.73. The Labute approximate surface area is 142 Å². The molecular formula is C17H25N5S. The van der Waals surface area contributed by atoms with Crippen LogP contribution in [0.1, 0.15) is 76.1 Å². The van der Waals surface area contributed by atoms with Crippen LogP contribution in [0.25, 0.3) is 0 Å². The average Bonchev–Trinajstić information content (AvgIpc) is 2.74. The minimum Gasteiger partial charge on any atom is -0.306 e. The largest absolute Gasteiger partial charge is 0.306 e. The first-order chi connectivity index (χ1) is 11.0. The van der Waals surface area contributed by atoms with Crippen molar-refractivity contribution in [3.05, 3.63) is 23.4 Å². The summed E-state index contributed by atoms with van der Waals surface area (Å²) in [7, 11) is 0. The third kappa shape index (κ3) is 3.74. The minimum atomic E-state index is 0.323. The number of hydrogen-bond acceptors (Lipinski definition) is 5. The summed E-state index contributed by atoms with van der Waals surface area (Å²) < 4.78 is 2.27. The van der Waals surface area contributed by atoms with Crippen LogP contribution >= 0.6 is 11.8 Å². The summed E-state index contributed by atoms with van der Waals surface area (Å²) in [6.07, 6.45) is 4.73. The number of rotatable bonds is 4. The van der Waals surface area contributed by atoms with Gasteiger partial charge in [-0.1, -0.05) is 34.1 Å². The van der Waals surface area contributed by atoms with Crippen molar-refractivity contribution in [3.63, 3.8) is 0 Å². The lowest BCUT2D eigenvalue weighted by Crippen LogP contribution is -2.05. The quantitative estimate of drug-likeness (QED) is 0.786. The molecule has 6 heteroatoms. The van der Waals surface area contributed by atoms with Crippen molar-refractivity contribution in [1.82, 2.24) is 24.7 Å². The summed E-state index contributed by atoms with van der Waals surface area (Å²) in [5.41, 5.74) is 1.10. The van der Waals surface area contributed by atoms with E-state index in [1.54, 1.807) is 11.8 Å². The Bertz CT molecular complexity index is 651. The van der Waals surface area contributed by atoms with Gasteiger partial charge in [0.05, 0.1) is 0 Å². The normalized spacial score (nSPS) is 15.0. The fraction of sp³-hybridized carbons (Fsp3) is 0.647. The molecule has 1 aliphatic heterocycles. The molecule has 0 spiro atoms. The van der Waals surface area contributed by atoms with Crippen LogP contribution in [0.2, 0.25) is 0 Å². The van der Waals surface area contributed by atoms with Crippen molar-refractivity contribution < 1.29 is 0 Å². The lowest BCUT2D eigenvalue weighted by molar-refractivity contribution is 0.590. The lowest BCUT2D eigenvalue weighted by atomic mass is 10.1. The molecule has 0 saturated carbocycles. The second-order valence-electron chi connectivity index (χ2n) is 6.76. The van der Waals surface area contributed by atoms with Crippen molar-refractivity contribution >= 4 is 11.8 Å². The third-order valence-corrected chi connectivity index (χ3v) is 5.02. The van der Waals surface area contributed by atoms with E-state index in [1.165, 1.54) is 19.3 Å². The average molecular weight is 331 g/mol. The van der Waals surface area contributed by atoms with E-state index in [-0.39, 0.29) is 0 Å². The highest BCUT2D eigenvalue weighted by molar-refractivity contribution is 7.99. The summed E-state index contributed by atoms with van der Waals surface area (Å²) in [5, 5.41) is 10.7. The number of fused-ring (bicyclic) bond motifs is 1. The van der Waals surface area contributed by atoms with Crippen LogP contribution in [-0.4, -0.2) is 24.7 Å². The predicted molar refractivity (Wildman–Crippen MR) is 91.9 cm³/mol. The van der Waals surface area contributed by atoms with E-state index in [4.69, 9.17) is 9.97 Å². The zero-order valence-corrected chi connectivity index (χ0v) is 15.2. The van der Waals surface area contributed by atoms with Crippen LogP contribution in [-0.2, 0) is 13.0 Å². The summed E-state index contributed by atoms with van der Waals surface area (Å²) in [6, 6.07) is 2.10. The molecule has 0 unspecified atom stereocenters. The molecule has 5 nitrogen and oxygen atoms in total. The zero-order valence-electron chi connectivity index (χ0n) is 14.4. The van der Waals surface area contributed by atoms with Gasteiger partial charge in [-0.2, -0.15) is 0 Å². The van der Waals surface area contributed by atoms with Crippen LogP contribution in [0.3, 0.4) is 0 Å². The van der Waals surface area contributed by atoms with Crippen LogP contribution in [0.4, 0.5) is 0 Å². The van der Waals surface area contributed by atoms with E-state index in [0.29, 0.717) is 11.8 Å². The Morgan fingerprint density at radius 3 is 2.57 bits per heavy atom. The van der Waals surface area contributed by atoms with Gasteiger partial charge in [-0.25, -0.2) is 9.97 Å². The van der Waals surface area contributed by atoms with Gasteiger partial charge >= 0.3 is 0 Å². The van der Waals surface area contributed by atoms with Crippen molar-refractivity contribution in [2.45, 2.75) is 81.9 Å². The van der Waals surface area contributed by atoms with E-state index in [0.717, 1.165) is 40.5 Å². The Kier molecular flexibility index (Phi) is 4.99. The van der Waals surface area contributed by atoms with Gasteiger partial charge in [0.25, 0.3) is 0 Å². The molecule has 2 aromatic heterocycles. The summed E-state index contributed by atoms with van der Waals surface area (Å²) in [4.78, 5) is 9.43. The molecule has 0 aromatic carbocycles. The standard InChI is InChI=1S/C17H25N5S/c1-11(2)13-10-15(19-16(18-13)12(3)4)23-17-21-20-14-8-6-5-7-9-22(14)17/h10-12H,5-9H2,1-4H3. The van der Waals surface area contributed by atoms with Crippen molar-refractivity contribution in [2.75, 3.05) is 0 Å². The summed E-state index contributed by atoms with van der Waals surface area (Å²) in [6.45, 7) is 9.63. The van der Waals surface area contributed by atoms with Crippen molar-refractivity contribution in [1.29, 1.82) is 0 Å². The van der Waals surface area contributed by atoms with Gasteiger partial charge in [0.15, 0.2) is 5.16 Å². The molecule has 124 valence electrons. The highest BCUT2D eigenvalue weighted by Gasteiger charge is 2.18. The number of aryl methyl sites for hydroxylation is 1. The van der Waals surface area contributed by atoms with Gasteiger partial charge in [-0.3, -0.25) is 0 Å². The predicted octanol–water partition coefficient (Wildman–Crippen LogP) is 4.19. The fourth-order valence-corrected chi connectivity index (χ4v) is 3.59. The highest BCUT2D eigenvalue weighted by atomic mass is 32.2. The molecule has 0 radical (unpaired) electrons. The molecule has 0 atom stereocenters. The van der Waals surface area contributed by atoms with E-state index in [9.17, 15) is 0 Å². The van der Waals surface area contributed by atoms with Crippen LogP contribution in [0.15, 0.2) is 16.2 Å². The number of hydrogen-bond donors (Lipinski definition) is 0. The van der Waals surface area contributed by atoms with E-state index >= 15 is 0 Å². The van der Waals surface area contributed by atoms with Crippen LogP contribution in [0.5, 0.6) is 0 Å². The molecule has 0 saturated heterocycles. The first-order valence-electron chi connectivity index (χ1n) is 8.53. The van der Waals surface area contributed by atoms with Crippen molar-refractivity contribution in [3.8, 4) is 0 Å². The molecule has 1 aliphatic rings. The molecule has 0 fully saturated rings. The molecule has 23 heavy (non-hydrogen) atoms. The van der Waals surface area contributed by atoms with Gasteiger partial charge in [0.2, 0.25) is 0 Å². The first-order valence-corrected chi connectivity index (χ1v) is 9.35. The molecule has 0 N–H and O–H groups in total. The molecular weight excluding hydrogens is 306 g/mol. The van der Waals surface area contributed by atoms with E-state index in [1.807, 2.05) is 0 Å². The zero-order chi connectivity index (χ0) is 16.4. The Morgan fingerprint density at radius 1 is 1.00 bits per heavy atom. The van der Waals surface area contributed by atoms with Crippen LogP contribution in [0, 0.1) is 0 Å². The fourth-order valence-electron chi connectivity index (χ4n) is 2.69. The Hall–Kier alpha value is -1.43. The van der Waals surface area contributed by atoms with Gasteiger partial charge in [0, 0.05) is 24.6 Å². The molecule has 2 aromatic rings. The third-order valence-electron chi connectivity index (χ3n) is 4.12. The SMILES string of the molecule is CC(C)c1cc(Sc2nnc3n2CCCCC3)nc(C(C)C)n1. The highest BCUT2D eigenvalue weighted by Crippen LogP contribution is 2.29. The second-order valence-corrected chi connectivity index (χ2v) is 7.75. The Balaban J connectivity index is 1.92. The molecule has 0 aliphatic carbocycles. The molecule has 0 amide bonds. The topological polar surface area (TPSA) is 56.5 Å². The molecule has 3 heterocycles. The van der Waals surface area contributed by atoms with Gasteiger partial charge in [0.1, 0.15) is 16.7 Å². The van der Waals surface area contributed by atoms with Gasteiger partial charge < -0.3 is 4.57 Å². The van der Waals surface area contributed by atoms with E-state index < -0.39 is 0 Å². The monoisotopic (exact) mass is 331 g/mol. The first kappa shape index (κ1) is 16.4. The number of aromatic nitrogens is 5. The lowest BCUT2D eigenvalue weighted by Gasteiger charge is -2.12. The maximum Gasteiger partial charge on any atom is 0.197 e. The van der Waals surface area contributed by atoms with Gasteiger partial charge in [-0.15, -0.1) is 10.2 Å².